The number of carbonyl (C=O) groups excluding carboxylic acids is 1. The summed E-state index contributed by atoms with van der Waals surface area (Å²) in [4.78, 5) is 13.0. The molecule has 3 aromatic rings. The summed E-state index contributed by atoms with van der Waals surface area (Å²) in [5.74, 6) is 0.0891. The summed E-state index contributed by atoms with van der Waals surface area (Å²) in [7, 11) is -2.42. The van der Waals surface area contributed by atoms with Crippen molar-refractivity contribution in [3.63, 3.8) is 0 Å². The number of benzene rings is 2. The van der Waals surface area contributed by atoms with Crippen molar-refractivity contribution in [2.75, 3.05) is 12.5 Å². The highest BCUT2D eigenvalue weighted by Gasteiger charge is 2.39. The highest BCUT2D eigenvalue weighted by Crippen LogP contribution is 2.30. The fourth-order valence-electron chi connectivity index (χ4n) is 3.32. The van der Waals surface area contributed by atoms with Gasteiger partial charge in [0, 0.05) is 6.54 Å². The first-order chi connectivity index (χ1) is 14.0. The third-order valence-corrected chi connectivity index (χ3v) is 6.70. The molecule has 29 heavy (non-hydrogen) atoms. The van der Waals surface area contributed by atoms with Crippen molar-refractivity contribution in [2.45, 2.75) is 23.9 Å². The molecule has 0 saturated carbocycles. The van der Waals surface area contributed by atoms with Gasteiger partial charge < -0.3 is 4.74 Å². The summed E-state index contributed by atoms with van der Waals surface area (Å²) in [5.41, 5.74) is 4.44. The van der Waals surface area contributed by atoms with Crippen molar-refractivity contribution in [1.82, 2.24) is 19.2 Å². The number of hydrogen-bond acceptors (Lipinski definition) is 6. The summed E-state index contributed by atoms with van der Waals surface area (Å²) < 4.78 is 34.4. The molecule has 0 radical (unpaired) electrons. The summed E-state index contributed by atoms with van der Waals surface area (Å²) >= 11 is 0. The van der Waals surface area contributed by atoms with E-state index in [0.29, 0.717) is 5.75 Å². The SMILES string of the molecule is COc1ccc(S(=O)(=O)N2Cc3ccccc3C[C@@H]2C(=O)Nn2cnnc2)cc1. The zero-order valence-corrected chi connectivity index (χ0v) is 16.4. The lowest BCUT2D eigenvalue weighted by Crippen LogP contribution is -2.51. The summed E-state index contributed by atoms with van der Waals surface area (Å²) in [5, 5.41) is 7.29. The van der Waals surface area contributed by atoms with Gasteiger partial charge in [0.2, 0.25) is 10.0 Å². The Hall–Kier alpha value is -3.24. The number of amides is 1. The Morgan fingerprint density at radius 3 is 2.38 bits per heavy atom. The van der Waals surface area contributed by atoms with Gasteiger partial charge in [0.25, 0.3) is 5.91 Å². The van der Waals surface area contributed by atoms with Crippen molar-refractivity contribution in [3.8, 4) is 5.75 Å². The smallest absolute Gasteiger partial charge is 0.257 e. The van der Waals surface area contributed by atoms with E-state index in [1.165, 1.54) is 40.9 Å². The van der Waals surface area contributed by atoms with Crippen LogP contribution in [0.25, 0.3) is 0 Å². The second-order valence-electron chi connectivity index (χ2n) is 6.56. The van der Waals surface area contributed by atoms with Crippen LogP contribution in [0.2, 0.25) is 0 Å². The molecule has 9 nitrogen and oxygen atoms in total. The van der Waals surface area contributed by atoms with E-state index in [1.807, 2.05) is 24.3 Å². The second kappa shape index (κ2) is 7.64. The van der Waals surface area contributed by atoms with E-state index < -0.39 is 22.0 Å². The van der Waals surface area contributed by atoms with E-state index in [4.69, 9.17) is 4.74 Å². The number of nitrogens with zero attached hydrogens (tertiary/aromatic N) is 4. The number of nitrogens with one attached hydrogen (secondary N) is 1. The molecule has 0 saturated heterocycles. The van der Waals surface area contributed by atoms with Gasteiger partial charge in [0.05, 0.1) is 12.0 Å². The molecule has 0 bridgehead atoms. The molecule has 2 aromatic carbocycles. The molecule has 0 spiro atoms. The average molecular weight is 413 g/mol. The maximum absolute atomic E-state index is 13.4. The maximum Gasteiger partial charge on any atom is 0.257 e. The topological polar surface area (TPSA) is 106 Å². The predicted octanol–water partition coefficient (Wildman–Crippen LogP) is 1.17. The Balaban J connectivity index is 1.71. The Morgan fingerprint density at radius 2 is 1.72 bits per heavy atom. The van der Waals surface area contributed by atoms with Gasteiger partial charge >= 0.3 is 0 Å². The molecule has 0 fully saturated rings. The van der Waals surface area contributed by atoms with E-state index in [9.17, 15) is 13.2 Å². The van der Waals surface area contributed by atoms with Gasteiger partial charge in [-0.1, -0.05) is 24.3 Å². The van der Waals surface area contributed by atoms with Crippen molar-refractivity contribution >= 4 is 15.9 Å². The van der Waals surface area contributed by atoms with Gasteiger partial charge in [-0.3, -0.25) is 10.2 Å². The number of methoxy groups -OCH3 is 1. The molecule has 2 heterocycles. The molecular formula is C19H19N5O4S. The van der Waals surface area contributed by atoms with Crippen LogP contribution in [0.4, 0.5) is 0 Å². The third kappa shape index (κ3) is 3.71. The van der Waals surface area contributed by atoms with Crippen molar-refractivity contribution in [1.29, 1.82) is 0 Å². The van der Waals surface area contributed by atoms with Crippen molar-refractivity contribution in [3.05, 3.63) is 72.3 Å². The number of ether oxygens (including phenoxy) is 1. The van der Waals surface area contributed by atoms with Crippen LogP contribution in [-0.2, 0) is 27.8 Å². The van der Waals surface area contributed by atoms with Crippen LogP contribution in [0, 0.1) is 0 Å². The summed E-state index contributed by atoms with van der Waals surface area (Å²) in [6.07, 6.45) is 2.92. The van der Waals surface area contributed by atoms with Gasteiger partial charge in [-0.15, -0.1) is 10.2 Å². The van der Waals surface area contributed by atoms with E-state index in [0.717, 1.165) is 11.1 Å². The Labute approximate surface area is 168 Å². The third-order valence-electron chi connectivity index (χ3n) is 4.83. The minimum absolute atomic E-state index is 0.0970. The number of fused-ring (bicyclic) bond motifs is 1. The lowest BCUT2D eigenvalue weighted by molar-refractivity contribution is -0.121. The molecule has 1 aliphatic heterocycles. The molecule has 1 amide bonds. The van der Waals surface area contributed by atoms with E-state index >= 15 is 0 Å². The summed E-state index contributed by atoms with van der Waals surface area (Å²) in [6, 6.07) is 12.7. The van der Waals surface area contributed by atoms with Crippen molar-refractivity contribution in [2.24, 2.45) is 0 Å². The molecule has 0 unspecified atom stereocenters. The molecule has 10 heteroatoms. The average Bonchev–Trinajstić information content (AvgIpc) is 3.25. The van der Waals surface area contributed by atoms with Crippen LogP contribution in [0.15, 0.2) is 66.1 Å². The van der Waals surface area contributed by atoms with E-state index in [-0.39, 0.29) is 17.9 Å². The fraction of sp³-hybridized carbons (Fsp3) is 0.211. The van der Waals surface area contributed by atoms with Crippen LogP contribution in [0.3, 0.4) is 0 Å². The normalized spacial score (nSPS) is 16.8. The van der Waals surface area contributed by atoms with E-state index in [1.54, 1.807) is 12.1 Å². The monoisotopic (exact) mass is 413 g/mol. The quantitative estimate of drug-likeness (QED) is 0.673. The van der Waals surface area contributed by atoms with Gasteiger partial charge in [0.15, 0.2) is 0 Å². The van der Waals surface area contributed by atoms with Crippen LogP contribution in [0.5, 0.6) is 5.75 Å². The highest BCUT2D eigenvalue weighted by atomic mass is 32.2. The van der Waals surface area contributed by atoms with Crippen LogP contribution in [-0.4, -0.2) is 46.7 Å². The number of sulfonamides is 1. The predicted molar refractivity (Wildman–Crippen MR) is 104 cm³/mol. The zero-order valence-electron chi connectivity index (χ0n) is 15.6. The fourth-order valence-corrected chi connectivity index (χ4v) is 4.88. The number of hydrogen-bond donors (Lipinski definition) is 1. The van der Waals surface area contributed by atoms with Gasteiger partial charge in [0.1, 0.15) is 24.4 Å². The van der Waals surface area contributed by atoms with Crippen molar-refractivity contribution < 1.29 is 17.9 Å². The molecule has 150 valence electrons. The number of rotatable bonds is 5. The first-order valence-corrected chi connectivity index (χ1v) is 10.3. The summed E-state index contributed by atoms with van der Waals surface area (Å²) in [6.45, 7) is 0.102. The first-order valence-electron chi connectivity index (χ1n) is 8.87. The van der Waals surface area contributed by atoms with Gasteiger partial charge in [-0.25, -0.2) is 13.1 Å². The standard InChI is InChI=1S/C19H19N5O4S/c1-28-16-6-8-17(9-7-16)29(26,27)24-11-15-5-3-2-4-14(15)10-18(24)19(25)22-23-12-20-21-13-23/h2-9,12-13,18H,10-11H2,1H3,(H,22,25)/t18-/m1/s1. The molecule has 1 aromatic heterocycles. The number of aromatic nitrogens is 3. The van der Waals surface area contributed by atoms with Crippen LogP contribution < -0.4 is 10.2 Å². The minimum Gasteiger partial charge on any atom is -0.497 e. The zero-order chi connectivity index (χ0) is 20.4. The van der Waals surface area contributed by atoms with Gasteiger partial charge in [-0.2, -0.15) is 4.31 Å². The number of carbonyl (C=O) groups is 1. The largest absolute Gasteiger partial charge is 0.497 e. The molecule has 0 aliphatic carbocycles. The minimum atomic E-state index is -3.93. The second-order valence-corrected chi connectivity index (χ2v) is 8.45. The molecule has 4 rings (SSSR count). The Bertz CT molecular complexity index is 1110. The Morgan fingerprint density at radius 1 is 1.07 bits per heavy atom. The van der Waals surface area contributed by atoms with Crippen LogP contribution >= 0.6 is 0 Å². The van der Waals surface area contributed by atoms with Gasteiger partial charge in [-0.05, 0) is 41.8 Å². The molecular weight excluding hydrogens is 394 g/mol. The Kier molecular flexibility index (Phi) is 5.03. The van der Waals surface area contributed by atoms with Crippen LogP contribution in [0.1, 0.15) is 11.1 Å². The molecule has 1 aliphatic rings. The maximum atomic E-state index is 13.4. The lowest BCUT2D eigenvalue weighted by Gasteiger charge is -2.35. The van der Waals surface area contributed by atoms with E-state index in [2.05, 4.69) is 15.6 Å². The highest BCUT2D eigenvalue weighted by molar-refractivity contribution is 7.89. The first kappa shape index (κ1) is 19.1. The molecule has 1 N–H and O–H groups in total. The lowest BCUT2D eigenvalue weighted by atomic mass is 9.95. The molecule has 1 atom stereocenters.